The third-order valence-electron chi connectivity index (χ3n) is 3.29. The molecule has 2 unspecified atom stereocenters. The maximum atomic E-state index is 11.7. The minimum atomic E-state index is -0.972. The molecule has 7 nitrogen and oxygen atoms in total. The van der Waals surface area contributed by atoms with Gasteiger partial charge in [-0.3, -0.25) is 4.79 Å². The standard InChI is InChI=1S/C13H21N3O4/c1-5-13(4,11(17)18)7-15-12(19)16-9(3)10-14-6-8(2)20-10/h6,9H,5,7H2,1-4H3,(H,17,18)(H2,15,16,19). The van der Waals surface area contributed by atoms with Crippen LogP contribution in [-0.4, -0.2) is 28.6 Å². The first-order valence-electron chi connectivity index (χ1n) is 6.48. The predicted octanol–water partition coefficient (Wildman–Crippen LogP) is 1.84. The molecule has 0 aromatic carbocycles. The number of carboxylic acids is 1. The molecule has 0 spiro atoms. The van der Waals surface area contributed by atoms with Crippen molar-refractivity contribution >= 4 is 12.0 Å². The summed E-state index contributed by atoms with van der Waals surface area (Å²) in [6.07, 6.45) is 2.00. The molecule has 0 saturated heterocycles. The van der Waals surface area contributed by atoms with E-state index < -0.39 is 17.4 Å². The molecule has 1 rings (SSSR count). The van der Waals surface area contributed by atoms with Crippen LogP contribution in [-0.2, 0) is 4.79 Å². The molecule has 0 radical (unpaired) electrons. The molecule has 0 bridgehead atoms. The minimum absolute atomic E-state index is 0.0575. The fraction of sp³-hybridized carbons (Fsp3) is 0.615. The van der Waals surface area contributed by atoms with Crippen LogP contribution in [0.15, 0.2) is 10.6 Å². The van der Waals surface area contributed by atoms with Gasteiger partial charge >= 0.3 is 12.0 Å². The summed E-state index contributed by atoms with van der Waals surface area (Å²) in [7, 11) is 0. The second-order valence-corrected chi connectivity index (χ2v) is 5.08. The Labute approximate surface area is 117 Å². The Morgan fingerprint density at radius 3 is 2.65 bits per heavy atom. The minimum Gasteiger partial charge on any atom is -0.481 e. The zero-order valence-corrected chi connectivity index (χ0v) is 12.2. The lowest BCUT2D eigenvalue weighted by atomic mass is 9.88. The number of hydrogen-bond acceptors (Lipinski definition) is 4. The Morgan fingerprint density at radius 2 is 2.20 bits per heavy atom. The van der Waals surface area contributed by atoms with E-state index in [0.29, 0.717) is 18.1 Å². The smallest absolute Gasteiger partial charge is 0.315 e. The molecule has 0 aliphatic rings. The molecule has 1 aromatic heterocycles. The third-order valence-corrected chi connectivity index (χ3v) is 3.29. The van der Waals surface area contributed by atoms with E-state index in [4.69, 9.17) is 9.52 Å². The zero-order chi connectivity index (χ0) is 15.3. The number of nitrogens with one attached hydrogen (secondary N) is 2. The maximum absolute atomic E-state index is 11.7. The Bertz CT molecular complexity index is 486. The normalized spacial score (nSPS) is 15.2. The van der Waals surface area contributed by atoms with Crippen LogP contribution in [0.2, 0.25) is 0 Å². The molecule has 1 heterocycles. The molecular formula is C13H21N3O4. The van der Waals surface area contributed by atoms with Gasteiger partial charge in [-0.1, -0.05) is 6.92 Å². The van der Waals surface area contributed by atoms with E-state index in [1.807, 2.05) is 0 Å². The van der Waals surface area contributed by atoms with E-state index in [9.17, 15) is 9.59 Å². The van der Waals surface area contributed by atoms with Crippen molar-refractivity contribution in [1.29, 1.82) is 0 Å². The number of carbonyl (C=O) groups excluding carboxylic acids is 1. The molecule has 20 heavy (non-hydrogen) atoms. The van der Waals surface area contributed by atoms with E-state index >= 15 is 0 Å². The summed E-state index contributed by atoms with van der Waals surface area (Å²) in [6, 6.07) is -0.837. The van der Waals surface area contributed by atoms with Gasteiger partial charge in [0.1, 0.15) is 11.8 Å². The number of carbonyl (C=O) groups is 2. The largest absolute Gasteiger partial charge is 0.481 e. The van der Waals surface area contributed by atoms with Crippen LogP contribution in [0.5, 0.6) is 0 Å². The summed E-state index contributed by atoms with van der Waals surface area (Å²) >= 11 is 0. The van der Waals surface area contributed by atoms with Gasteiger partial charge in [-0.25, -0.2) is 9.78 Å². The molecular weight excluding hydrogens is 262 g/mol. The lowest BCUT2D eigenvalue weighted by Gasteiger charge is -2.23. The summed E-state index contributed by atoms with van der Waals surface area (Å²) in [5.41, 5.74) is -0.972. The van der Waals surface area contributed by atoms with Crippen LogP contribution in [0.1, 0.15) is 44.9 Å². The van der Waals surface area contributed by atoms with Crippen molar-refractivity contribution in [3.63, 3.8) is 0 Å². The lowest BCUT2D eigenvalue weighted by Crippen LogP contribution is -2.45. The Hall–Kier alpha value is -2.05. The van der Waals surface area contributed by atoms with Gasteiger partial charge in [-0.05, 0) is 27.2 Å². The van der Waals surface area contributed by atoms with E-state index in [-0.39, 0.29) is 12.6 Å². The molecule has 3 N–H and O–H groups in total. The Morgan fingerprint density at radius 1 is 1.55 bits per heavy atom. The number of aromatic nitrogens is 1. The quantitative estimate of drug-likeness (QED) is 0.739. The number of rotatable bonds is 6. The number of amides is 2. The summed E-state index contributed by atoms with van der Waals surface area (Å²) in [5, 5.41) is 14.3. The van der Waals surface area contributed by atoms with Crippen LogP contribution in [0.25, 0.3) is 0 Å². The summed E-state index contributed by atoms with van der Waals surface area (Å²) in [5.74, 6) is 0.143. The Balaban J connectivity index is 2.50. The van der Waals surface area contributed by atoms with Crippen molar-refractivity contribution in [1.82, 2.24) is 15.6 Å². The second kappa shape index (κ2) is 6.40. The monoisotopic (exact) mass is 283 g/mol. The number of aryl methyl sites for hydroxylation is 1. The molecule has 0 fully saturated rings. The molecule has 2 amide bonds. The van der Waals surface area contributed by atoms with Crippen molar-refractivity contribution in [3.8, 4) is 0 Å². The maximum Gasteiger partial charge on any atom is 0.315 e. The summed E-state index contributed by atoms with van der Waals surface area (Å²) in [6.45, 7) is 6.92. The first kappa shape index (κ1) is 16.0. The van der Waals surface area contributed by atoms with Crippen molar-refractivity contribution in [2.75, 3.05) is 6.54 Å². The van der Waals surface area contributed by atoms with Gasteiger partial charge in [0.2, 0.25) is 5.89 Å². The number of oxazole rings is 1. The highest BCUT2D eigenvalue weighted by Gasteiger charge is 2.31. The fourth-order valence-corrected chi connectivity index (χ4v) is 1.51. The second-order valence-electron chi connectivity index (χ2n) is 5.08. The average Bonchev–Trinajstić information content (AvgIpc) is 2.82. The highest BCUT2D eigenvalue weighted by atomic mass is 16.4. The van der Waals surface area contributed by atoms with Gasteiger partial charge in [0.25, 0.3) is 0 Å². The van der Waals surface area contributed by atoms with Crippen LogP contribution < -0.4 is 10.6 Å². The molecule has 0 aliphatic carbocycles. The molecule has 0 saturated carbocycles. The average molecular weight is 283 g/mol. The number of nitrogens with zero attached hydrogens (tertiary/aromatic N) is 1. The molecule has 0 aliphatic heterocycles. The fourth-order valence-electron chi connectivity index (χ4n) is 1.51. The zero-order valence-electron chi connectivity index (χ0n) is 12.2. The number of hydrogen-bond donors (Lipinski definition) is 3. The molecule has 2 atom stereocenters. The SMILES string of the molecule is CCC(C)(CNC(=O)NC(C)c1ncc(C)o1)C(=O)O. The Kier molecular flexibility index (Phi) is 5.12. The first-order valence-corrected chi connectivity index (χ1v) is 6.48. The summed E-state index contributed by atoms with van der Waals surface area (Å²) < 4.78 is 5.30. The topological polar surface area (TPSA) is 104 Å². The van der Waals surface area contributed by atoms with Crippen molar-refractivity contribution in [2.24, 2.45) is 5.41 Å². The van der Waals surface area contributed by atoms with Crippen molar-refractivity contribution in [3.05, 3.63) is 17.8 Å². The van der Waals surface area contributed by atoms with Gasteiger partial charge in [-0.2, -0.15) is 0 Å². The third kappa shape index (κ3) is 3.97. The van der Waals surface area contributed by atoms with E-state index in [1.165, 1.54) is 0 Å². The van der Waals surface area contributed by atoms with E-state index in [1.54, 1.807) is 33.9 Å². The van der Waals surface area contributed by atoms with E-state index in [2.05, 4.69) is 15.6 Å². The van der Waals surface area contributed by atoms with Gasteiger partial charge in [0, 0.05) is 6.54 Å². The van der Waals surface area contributed by atoms with Crippen molar-refractivity contribution < 1.29 is 19.1 Å². The van der Waals surface area contributed by atoms with Crippen LogP contribution >= 0.6 is 0 Å². The highest BCUT2D eigenvalue weighted by Crippen LogP contribution is 2.20. The lowest BCUT2D eigenvalue weighted by molar-refractivity contribution is -0.147. The van der Waals surface area contributed by atoms with E-state index in [0.717, 1.165) is 0 Å². The van der Waals surface area contributed by atoms with Gasteiger partial charge in [0.05, 0.1) is 11.6 Å². The molecule has 7 heteroatoms. The van der Waals surface area contributed by atoms with Crippen LogP contribution in [0.4, 0.5) is 4.79 Å². The molecule has 1 aromatic rings. The first-order chi connectivity index (χ1) is 9.28. The van der Waals surface area contributed by atoms with Gasteiger partial charge in [0.15, 0.2) is 0 Å². The predicted molar refractivity (Wildman–Crippen MR) is 72.2 cm³/mol. The van der Waals surface area contributed by atoms with Gasteiger partial charge in [-0.15, -0.1) is 0 Å². The van der Waals surface area contributed by atoms with Gasteiger partial charge < -0.3 is 20.2 Å². The number of carboxylic acid groups (broad SMARTS) is 1. The number of aliphatic carboxylic acids is 1. The molecule has 112 valence electrons. The highest BCUT2D eigenvalue weighted by molar-refractivity contribution is 5.77. The van der Waals surface area contributed by atoms with Crippen LogP contribution in [0.3, 0.4) is 0 Å². The van der Waals surface area contributed by atoms with Crippen LogP contribution in [0, 0.1) is 12.3 Å². The summed E-state index contributed by atoms with van der Waals surface area (Å²) in [4.78, 5) is 26.9. The number of urea groups is 1. The van der Waals surface area contributed by atoms with Crippen molar-refractivity contribution in [2.45, 2.75) is 40.2 Å².